The van der Waals surface area contributed by atoms with Crippen molar-refractivity contribution in [3.63, 3.8) is 0 Å². The van der Waals surface area contributed by atoms with E-state index in [0.717, 1.165) is 44.6 Å². The van der Waals surface area contributed by atoms with E-state index in [-0.39, 0.29) is 12.1 Å². The molecule has 28 heavy (non-hydrogen) atoms. The van der Waals surface area contributed by atoms with Gasteiger partial charge in [-0.25, -0.2) is 0 Å². The highest BCUT2D eigenvalue weighted by atomic mass is 16.5. The van der Waals surface area contributed by atoms with Gasteiger partial charge in [-0.1, -0.05) is 42.5 Å². The third-order valence-electron chi connectivity index (χ3n) is 5.92. The number of cyclic esters (lactones) is 1. The first-order valence-electron chi connectivity index (χ1n) is 10.6. The van der Waals surface area contributed by atoms with Crippen LogP contribution in [0.2, 0.25) is 0 Å². The standard InChI is InChI=1S/C24H30N2O2/c27-24-14-13-23(28-24)21-11-9-20(10-12-21)6-4-5-15-25-16-18-26(19-17-25)22-7-2-1-3-8-22/h1-3,7-12,23H,4-6,13-19H2. The number of benzene rings is 2. The van der Waals surface area contributed by atoms with E-state index in [4.69, 9.17) is 4.74 Å². The lowest BCUT2D eigenvalue weighted by Gasteiger charge is -2.36. The first kappa shape index (κ1) is 19.0. The lowest BCUT2D eigenvalue weighted by atomic mass is 10.0. The van der Waals surface area contributed by atoms with Crippen LogP contribution < -0.4 is 4.90 Å². The normalized spacial score (nSPS) is 20.4. The Labute approximate surface area is 168 Å². The number of ether oxygens (including phenoxy) is 1. The van der Waals surface area contributed by atoms with Gasteiger partial charge in [0, 0.05) is 38.3 Å². The zero-order chi connectivity index (χ0) is 19.2. The van der Waals surface area contributed by atoms with Crippen LogP contribution in [0.4, 0.5) is 5.69 Å². The summed E-state index contributed by atoms with van der Waals surface area (Å²) in [6.45, 7) is 5.75. The maximum absolute atomic E-state index is 11.3. The van der Waals surface area contributed by atoms with E-state index in [9.17, 15) is 4.79 Å². The number of carbonyl (C=O) groups is 1. The summed E-state index contributed by atoms with van der Waals surface area (Å²) >= 11 is 0. The molecule has 148 valence electrons. The molecular formula is C24H30N2O2. The SMILES string of the molecule is O=C1CCC(c2ccc(CCCCN3CCN(c4ccccc4)CC3)cc2)O1. The predicted molar refractivity (Wildman–Crippen MR) is 113 cm³/mol. The maximum Gasteiger partial charge on any atom is 0.306 e. The first-order chi connectivity index (χ1) is 13.8. The molecule has 2 aliphatic heterocycles. The van der Waals surface area contributed by atoms with E-state index >= 15 is 0 Å². The molecule has 0 N–H and O–H groups in total. The van der Waals surface area contributed by atoms with Crippen LogP contribution in [0.25, 0.3) is 0 Å². The number of hydrogen-bond acceptors (Lipinski definition) is 4. The largest absolute Gasteiger partial charge is 0.457 e. The van der Waals surface area contributed by atoms with Crippen molar-refractivity contribution in [1.82, 2.24) is 4.90 Å². The Morgan fingerprint density at radius 2 is 1.64 bits per heavy atom. The number of para-hydroxylation sites is 1. The quantitative estimate of drug-likeness (QED) is 0.534. The Kier molecular flexibility index (Phi) is 6.27. The van der Waals surface area contributed by atoms with Crippen molar-refractivity contribution in [3.8, 4) is 0 Å². The number of anilines is 1. The lowest BCUT2D eigenvalue weighted by Crippen LogP contribution is -2.46. The molecule has 0 bridgehead atoms. The molecule has 4 rings (SSSR count). The van der Waals surface area contributed by atoms with E-state index in [1.54, 1.807) is 0 Å². The maximum atomic E-state index is 11.3. The number of rotatable bonds is 7. The fraction of sp³-hybridized carbons (Fsp3) is 0.458. The topological polar surface area (TPSA) is 32.8 Å². The minimum Gasteiger partial charge on any atom is -0.457 e. The van der Waals surface area contributed by atoms with Gasteiger partial charge in [-0.05, 0) is 55.5 Å². The summed E-state index contributed by atoms with van der Waals surface area (Å²) < 4.78 is 5.34. The predicted octanol–water partition coefficient (Wildman–Crippen LogP) is 4.21. The van der Waals surface area contributed by atoms with Crippen LogP contribution in [0.3, 0.4) is 0 Å². The second-order valence-corrected chi connectivity index (χ2v) is 7.88. The fourth-order valence-electron chi connectivity index (χ4n) is 4.19. The van der Waals surface area contributed by atoms with Crippen molar-refractivity contribution in [2.24, 2.45) is 0 Å². The van der Waals surface area contributed by atoms with Gasteiger partial charge >= 0.3 is 5.97 Å². The van der Waals surface area contributed by atoms with Gasteiger partial charge in [-0.3, -0.25) is 9.69 Å². The highest BCUT2D eigenvalue weighted by Gasteiger charge is 2.24. The number of esters is 1. The number of nitrogens with zero attached hydrogens (tertiary/aromatic N) is 2. The van der Waals surface area contributed by atoms with E-state index < -0.39 is 0 Å². The van der Waals surface area contributed by atoms with Crippen LogP contribution in [0.1, 0.15) is 42.9 Å². The first-order valence-corrected chi connectivity index (χ1v) is 10.6. The zero-order valence-electron chi connectivity index (χ0n) is 16.6. The minimum absolute atomic E-state index is 0.0314. The third-order valence-corrected chi connectivity index (χ3v) is 5.92. The molecule has 2 aliphatic rings. The molecule has 0 aliphatic carbocycles. The fourth-order valence-corrected chi connectivity index (χ4v) is 4.19. The van der Waals surface area contributed by atoms with Crippen molar-refractivity contribution >= 4 is 11.7 Å². The van der Waals surface area contributed by atoms with E-state index in [1.807, 2.05) is 0 Å². The van der Waals surface area contributed by atoms with E-state index in [0.29, 0.717) is 6.42 Å². The number of hydrogen-bond donors (Lipinski definition) is 0. The molecule has 2 aromatic carbocycles. The number of piperazine rings is 1. The van der Waals surface area contributed by atoms with Crippen molar-refractivity contribution in [2.45, 2.75) is 38.2 Å². The molecule has 0 aromatic heterocycles. The van der Waals surface area contributed by atoms with Crippen LogP contribution in [0.15, 0.2) is 54.6 Å². The van der Waals surface area contributed by atoms with Gasteiger partial charge in [0.2, 0.25) is 0 Å². The van der Waals surface area contributed by atoms with Gasteiger partial charge in [0.25, 0.3) is 0 Å². The Bertz CT molecular complexity index is 752. The molecule has 1 unspecified atom stereocenters. The molecule has 4 nitrogen and oxygen atoms in total. The Balaban J connectivity index is 1.14. The number of unbranched alkanes of at least 4 members (excludes halogenated alkanes) is 1. The van der Waals surface area contributed by atoms with Gasteiger partial charge in [-0.2, -0.15) is 0 Å². The molecule has 2 fully saturated rings. The highest BCUT2D eigenvalue weighted by Crippen LogP contribution is 2.29. The average Bonchev–Trinajstić information content (AvgIpc) is 3.19. The second kappa shape index (κ2) is 9.24. The van der Waals surface area contributed by atoms with Gasteiger partial charge in [0.1, 0.15) is 6.10 Å². The summed E-state index contributed by atoms with van der Waals surface area (Å²) in [5.74, 6) is -0.0707. The average molecular weight is 379 g/mol. The lowest BCUT2D eigenvalue weighted by molar-refractivity contribution is -0.141. The molecule has 2 heterocycles. The minimum atomic E-state index is -0.0707. The highest BCUT2D eigenvalue weighted by molar-refractivity contribution is 5.71. The summed E-state index contributed by atoms with van der Waals surface area (Å²) in [5.41, 5.74) is 3.85. The monoisotopic (exact) mass is 378 g/mol. The summed E-state index contributed by atoms with van der Waals surface area (Å²) in [6, 6.07) is 19.4. The smallest absolute Gasteiger partial charge is 0.306 e. The summed E-state index contributed by atoms with van der Waals surface area (Å²) in [6.07, 6.45) is 4.91. The Morgan fingerprint density at radius 1 is 0.893 bits per heavy atom. The van der Waals surface area contributed by atoms with Crippen molar-refractivity contribution < 1.29 is 9.53 Å². The Morgan fingerprint density at radius 3 is 2.32 bits per heavy atom. The molecule has 2 aromatic rings. The third kappa shape index (κ3) is 4.93. The van der Waals surface area contributed by atoms with Crippen LogP contribution in [-0.4, -0.2) is 43.6 Å². The molecule has 0 saturated carbocycles. The number of carbonyl (C=O) groups excluding carboxylic acids is 1. The molecular weight excluding hydrogens is 348 g/mol. The second-order valence-electron chi connectivity index (χ2n) is 7.88. The molecule has 1 atom stereocenters. The van der Waals surface area contributed by atoms with Crippen molar-refractivity contribution in [2.75, 3.05) is 37.6 Å². The van der Waals surface area contributed by atoms with Gasteiger partial charge in [0.15, 0.2) is 0 Å². The van der Waals surface area contributed by atoms with Crippen LogP contribution in [-0.2, 0) is 16.0 Å². The van der Waals surface area contributed by atoms with Gasteiger partial charge in [-0.15, -0.1) is 0 Å². The van der Waals surface area contributed by atoms with Crippen molar-refractivity contribution in [1.29, 1.82) is 0 Å². The van der Waals surface area contributed by atoms with Gasteiger partial charge in [0.05, 0.1) is 0 Å². The summed E-state index contributed by atoms with van der Waals surface area (Å²) in [5, 5.41) is 0. The zero-order valence-corrected chi connectivity index (χ0v) is 16.6. The number of aryl methyl sites for hydroxylation is 1. The molecule has 0 amide bonds. The van der Waals surface area contributed by atoms with Gasteiger partial charge < -0.3 is 9.64 Å². The molecule has 4 heteroatoms. The van der Waals surface area contributed by atoms with Crippen molar-refractivity contribution in [3.05, 3.63) is 65.7 Å². The van der Waals surface area contributed by atoms with E-state index in [1.165, 1.54) is 30.6 Å². The molecule has 0 spiro atoms. The van der Waals surface area contributed by atoms with Crippen LogP contribution in [0.5, 0.6) is 0 Å². The molecule has 2 saturated heterocycles. The molecule has 0 radical (unpaired) electrons. The summed E-state index contributed by atoms with van der Waals surface area (Å²) in [4.78, 5) is 16.3. The summed E-state index contributed by atoms with van der Waals surface area (Å²) in [7, 11) is 0. The Hall–Kier alpha value is -2.33. The van der Waals surface area contributed by atoms with Crippen LogP contribution in [0, 0.1) is 0 Å². The van der Waals surface area contributed by atoms with E-state index in [2.05, 4.69) is 64.4 Å². The van der Waals surface area contributed by atoms with Crippen LogP contribution >= 0.6 is 0 Å².